The highest BCUT2D eigenvalue weighted by Gasteiger charge is 2.29. The van der Waals surface area contributed by atoms with Gasteiger partial charge in [-0.15, -0.1) is 0 Å². The summed E-state index contributed by atoms with van der Waals surface area (Å²) in [7, 11) is -1.89. The Labute approximate surface area is 124 Å². The molecule has 0 unspecified atom stereocenters. The zero-order valence-electron chi connectivity index (χ0n) is 11.3. The van der Waals surface area contributed by atoms with Crippen LogP contribution in [0.2, 0.25) is 5.02 Å². The van der Waals surface area contributed by atoms with Gasteiger partial charge >= 0.3 is 0 Å². The molecule has 0 bridgehead atoms. The van der Waals surface area contributed by atoms with Crippen LogP contribution in [0.3, 0.4) is 0 Å². The first-order valence-corrected chi connectivity index (χ1v) is 8.23. The lowest BCUT2D eigenvalue weighted by atomic mass is 10.1. The van der Waals surface area contributed by atoms with Gasteiger partial charge in [-0.1, -0.05) is 17.7 Å². The summed E-state index contributed by atoms with van der Waals surface area (Å²) < 4.78 is 31.7. The highest BCUT2D eigenvalue weighted by molar-refractivity contribution is 7.89. The first-order chi connectivity index (χ1) is 9.48. The van der Waals surface area contributed by atoms with Gasteiger partial charge in [0.25, 0.3) is 0 Å². The summed E-state index contributed by atoms with van der Waals surface area (Å²) in [5, 5.41) is 9.32. The van der Waals surface area contributed by atoms with E-state index in [1.54, 1.807) is 7.11 Å². The van der Waals surface area contributed by atoms with Crippen LogP contribution < -0.4 is 0 Å². The monoisotopic (exact) mass is 319 g/mol. The number of aliphatic hydroxyl groups is 1. The number of benzene rings is 1. The van der Waals surface area contributed by atoms with Crippen LogP contribution in [0, 0.1) is 0 Å². The van der Waals surface area contributed by atoms with Gasteiger partial charge < -0.3 is 9.84 Å². The molecule has 20 heavy (non-hydrogen) atoms. The number of nitrogens with zero attached hydrogens (tertiary/aromatic N) is 1. The van der Waals surface area contributed by atoms with Crippen molar-refractivity contribution in [1.29, 1.82) is 0 Å². The third-order valence-corrected chi connectivity index (χ3v) is 5.81. The largest absolute Gasteiger partial charge is 0.392 e. The average Bonchev–Trinajstić information content (AvgIpc) is 2.47. The summed E-state index contributed by atoms with van der Waals surface area (Å²) in [4.78, 5) is 0.163. The Morgan fingerprint density at radius 2 is 2.05 bits per heavy atom. The van der Waals surface area contributed by atoms with E-state index < -0.39 is 10.0 Å². The van der Waals surface area contributed by atoms with Crippen molar-refractivity contribution in [2.24, 2.45) is 0 Å². The summed E-state index contributed by atoms with van der Waals surface area (Å²) in [5.74, 6) is 0. The molecule has 1 aromatic rings. The molecular formula is C13H18ClNO4S. The fraction of sp³-hybridized carbons (Fsp3) is 0.538. The van der Waals surface area contributed by atoms with Gasteiger partial charge in [0.1, 0.15) is 0 Å². The Bertz CT molecular complexity index is 568. The fourth-order valence-electron chi connectivity index (χ4n) is 2.27. The van der Waals surface area contributed by atoms with Gasteiger partial charge in [-0.05, 0) is 30.5 Å². The number of piperidine rings is 1. The second-order valence-corrected chi connectivity index (χ2v) is 7.10. The number of halogens is 1. The van der Waals surface area contributed by atoms with Gasteiger partial charge in [-0.3, -0.25) is 0 Å². The van der Waals surface area contributed by atoms with Gasteiger partial charge in [0.15, 0.2) is 0 Å². The fourth-order valence-corrected chi connectivity index (χ4v) is 4.08. The van der Waals surface area contributed by atoms with Crippen LogP contribution in [0.4, 0.5) is 0 Å². The Hall–Kier alpha value is -0.660. The second-order valence-electron chi connectivity index (χ2n) is 4.75. The lowest BCUT2D eigenvalue weighted by Gasteiger charge is -2.30. The molecule has 112 valence electrons. The van der Waals surface area contributed by atoms with E-state index in [4.69, 9.17) is 21.4 Å². The molecule has 0 amide bonds. The highest BCUT2D eigenvalue weighted by atomic mass is 35.5. The molecule has 2 rings (SSSR count). The Morgan fingerprint density at radius 3 is 2.55 bits per heavy atom. The van der Waals surface area contributed by atoms with Crippen LogP contribution in [0.25, 0.3) is 0 Å². The maximum atomic E-state index is 12.5. The predicted molar refractivity (Wildman–Crippen MR) is 76.2 cm³/mol. The third kappa shape index (κ3) is 3.15. The van der Waals surface area contributed by atoms with E-state index >= 15 is 0 Å². The third-order valence-electron chi connectivity index (χ3n) is 3.57. The number of hydrogen-bond donors (Lipinski definition) is 1. The van der Waals surface area contributed by atoms with E-state index in [1.165, 1.54) is 22.5 Å². The van der Waals surface area contributed by atoms with Crippen LogP contribution >= 0.6 is 11.6 Å². The summed E-state index contributed by atoms with van der Waals surface area (Å²) >= 11 is 5.96. The van der Waals surface area contributed by atoms with Gasteiger partial charge in [0.05, 0.1) is 17.6 Å². The van der Waals surface area contributed by atoms with Crippen molar-refractivity contribution in [3.63, 3.8) is 0 Å². The Balaban J connectivity index is 2.20. The van der Waals surface area contributed by atoms with Gasteiger partial charge in [-0.2, -0.15) is 4.31 Å². The molecule has 0 spiro atoms. The molecule has 0 aliphatic carbocycles. The molecule has 1 saturated heterocycles. The molecule has 1 fully saturated rings. The molecular weight excluding hydrogens is 302 g/mol. The predicted octanol–water partition coefficient (Wildman–Crippen LogP) is 1.63. The van der Waals surface area contributed by atoms with E-state index in [0.29, 0.717) is 31.5 Å². The molecule has 0 aromatic heterocycles. The molecule has 0 atom stereocenters. The van der Waals surface area contributed by atoms with Crippen molar-refractivity contribution in [2.45, 2.75) is 30.4 Å². The minimum Gasteiger partial charge on any atom is -0.392 e. The van der Waals surface area contributed by atoms with E-state index in [2.05, 4.69) is 0 Å². The van der Waals surface area contributed by atoms with E-state index in [-0.39, 0.29) is 22.6 Å². The molecule has 1 aliphatic rings. The number of hydrogen-bond acceptors (Lipinski definition) is 4. The van der Waals surface area contributed by atoms with E-state index in [1.807, 2.05) is 0 Å². The zero-order chi connectivity index (χ0) is 14.8. The molecule has 5 nitrogen and oxygen atoms in total. The van der Waals surface area contributed by atoms with Crippen LogP contribution in [0.1, 0.15) is 18.4 Å². The van der Waals surface area contributed by atoms with Crippen LogP contribution in [-0.4, -0.2) is 44.1 Å². The molecule has 7 heteroatoms. The van der Waals surface area contributed by atoms with Crippen molar-refractivity contribution in [3.8, 4) is 0 Å². The number of rotatable bonds is 4. The van der Waals surface area contributed by atoms with Crippen molar-refractivity contribution < 1.29 is 18.3 Å². The van der Waals surface area contributed by atoms with Crippen LogP contribution in [-0.2, 0) is 21.4 Å². The number of methoxy groups -OCH3 is 1. The lowest BCUT2D eigenvalue weighted by Crippen LogP contribution is -2.40. The van der Waals surface area contributed by atoms with Crippen molar-refractivity contribution in [3.05, 3.63) is 28.8 Å². The standard InChI is InChI=1S/C13H18ClNO4S/c1-19-11-4-6-15(7-5-11)20(17,18)12-3-2-10(9-16)13(14)8-12/h2-3,8,11,16H,4-7,9H2,1H3. The quantitative estimate of drug-likeness (QED) is 0.916. The minimum atomic E-state index is -3.53. The summed E-state index contributed by atoms with van der Waals surface area (Å²) in [6.07, 6.45) is 1.51. The van der Waals surface area contributed by atoms with Gasteiger partial charge in [0.2, 0.25) is 10.0 Å². The maximum absolute atomic E-state index is 12.5. The number of ether oxygens (including phenoxy) is 1. The Kier molecular flexibility index (Phi) is 5.04. The summed E-state index contributed by atoms with van der Waals surface area (Å²) in [6, 6.07) is 4.41. The Morgan fingerprint density at radius 1 is 1.40 bits per heavy atom. The molecule has 1 heterocycles. The van der Waals surface area contributed by atoms with Crippen LogP contribution in [0.5, 0.6) is 0 Å². The summed E-state index contributed by atoms with van der Waals surface area (Å²) in [5.41, 5.74) is 0.517. The molecule has 1 N–H and O–H groups in total. The van der Waals surface area contributed by atoms with E-state index in [9.17, 15) is 8.42 Å². The molecule has 0 saturated carbocycles. The van der Waals surface area contributed by atoms with Crippen LogP contribution in [0.15, 0.2) is 23.1 Å². The highest BCUT2D eigenvalue weighted by Crippen LogP contribution is 2.25. The van der Waals surface area contributed by atoms with Crippen molar-refractivity contribution >= 4 is 21.6 Å². The van der Waals surface area contributed by atoms with Crippen molar-refractivity contribution in [1.82, 2.24) is 4.31 Å². The first-order valence-electron chi connectivity index (χ1n) is 6.41. The second kappa shape index (κ2) is 6.41. The maximum Gasteiger partial charge on any atom is 0.243 e. The van der Waals surface area contributed by atoms with Gasteiger partial charge in [0, 0.05) is 25.2 Å². The smallest absolute Gasteiger partial charge is 0.243 e. The first kappa shape index (κ1) is 15.7. The summed E-state index contributed by atoms with van der Waals surface area (Å²) in [6.45, 7) is 0.679. The number of aliphatic hydroxyl groups excluding tert-OH is 1. The SMILES string of the molecule is COC1CCN(S(=O)(=O)c2ccc(CO)c(Cl)c2)CC1. The lowest BCUT2D eigenvalue weighted by molar-refractivity contribution is 0.0604. The van der Waals surface area contributed by atoms with Gasteiger partial charge in [-0.25, -0.2) is 8.42 Å². The zero-order valence-corrected chi connectivity index (χ0v) is 12.8. The van der Waals surface area contributed by atoms with E-state index in [0.717, 1.165) is 0 Å². The number of sulfonamides is 1. The topological polar surface area (TPSA) is 66.8 Å². The average molecular weight is 320 g/mol. The molecule has 0 radical (unpaired) electrons. The van der Waals surface area contributed by atoms with Crippen molar-refractivity contribution in [2.75, 3.05) is 20.2 Å². The normalized spacial score (nSPS) is 18.4. The molecule has 1 aromatic carbocycles. The molecule has 1 aliphatic heterocycles. The minimum absolute atomic E-state index is 0.127.